The molecule has 6 heteroatoms. The lowest BCUT2D eigenvalue weighted by atomic mass is 10.2. The Morgan fingerprint density at radius 2 is 1.96 bits per heavy atom. The van der Waals surface area contributed by atoms with Crippen molar-refractivity contribution in [1.29, 1.82) is 0 Å². The summed E-state index contributed by atoms with van der Waals surface area (Å²) < 4.78 is 1.84. The molecule has 1 aliphatic carbocycles. The van der Waals surface area contributed by atoms with Crippen molar-refractivity contribution in [2.45, 2.75) is 31.7 Å². The molecular formula is C18H17ClN4O. The van der Waals surface area contributed by atoms with Crippen molar-refractivity contribution >= 4 is 23.2 Å². The molecule has 1 N–H and O–H groups in total. The molecule has 1 aliphatic rings. The van der Waals surface area contributed by atoms with E-state index in [2.05, 4.69) is 15.5 Å². The number of hydrogen-bond donors (Lipinski definition) is 1. The van der Waals surface area contributed by atoms with Gasteiger partial charge >= 0.3 is 0 Å². The maximum Gasteiger partial charge on any atom is 0.251 e. The number of rotatable bonds is 3. The predicted molar refractivity (Wildman–Crippen MR) is 93.2 cm³/mol. The third kappa shape index (κ3) is 2.76. The monoisotopic (exact) mass is 340 g/mol. The predicted octanol–water partition coefficient (Wildman–Crippen LogP) is 3.72. The molecule has 0 spiro atoms. The topological polar surface area (TPSA) is 59.3 Å². The van der Waals surface area contributed by atoms with Gasteiger partial charge in [0.1, 0.15) is 0 Å². The van der Waals surface area contributed by atoms with E-state index in [1.807, 2.05) is 34.9 Å². The maximum absolute atomic E-state index is 12.4. The first-order chi connectivity index (χ1) is 11.7. The van der Waals surface area contributed by atoms with Gasteiger partial charge in [-0.05, 0) is 37.1 Å². The molecule has 2 aromatic heterocycles. The van der Waals surface area contributed by atoms with E-state index in [0.717, 1.165) is 18.4 Å². The molecule has 1 saturated carbocycles. The van der Waals surface area contributed by atoms with Gasteiger partial charge < -0.3 is 5.32 Å². The lowest BCUT2D eigenvalue weighted by Gasteiger charge is -2.11. The van der Waals surface area contributed by atoms with Crippen molar-refractivity contribution < 1.29 is 4.79 Å². The first-order valence-electron chi connectivity index (χ1n) is 8.13. The van der Waals surface area contributed by atoms with Crippen molar-refractivity contribution in [2.75, 3.05) is 0 Å². The summed E-state index contributed by atoms with van der Waals surface area (Å²) in [6, 6.07) is 11.4. The lowest BCUT2D eigenvalue weighted by molar-refractivity contribution is 0.0938. The summed E-state index contributed by atoms with van der Waals surface area (Å²) in [6.45, 7) is 0. The minimum absolute atomic E-state index is 0.0494. The first kappa shape index (κ1) is 15.1. The van der Waals surface area contributed by atoms with Crippen LogP contribution in [0, 0.1) is 0 Å². The number of hydrogen-bond acceptors (Lipinski definition) is 3. The summed E-state index contributed by atoms with van der Waals surface area (Å²) >= 11 is 6.25. The number of amides is 1. The fraction of sp³-hybridized carbons (Fsp3) is 0.278. The molecule has 0 unspecified atom stereocenters. The van der Waals surface area contributed by atoms with Gasteiger partial charge in [0.15, 0.2) is 11.5 Å². The Kier molecular flexibility index (Phi) is 3.94. The second-order valence-electron chi connectivity index (χ2n) is 6.10. The number of pyridine rings is 1. The molecule has 4 rings (SSSR count). The quantitative estimate of drug-likeness (QED) is 0.790. The van der Waals surface area contributed by atoms with Crippen LogP contribution in [-0.2, 0) is 0 Å². The van der Waals surface area contributed by atoms with Crippen LogP contribution in [0.5, 0.6) is 0 Å². The largest absolute Gasteiger partial charge is 0.349 e. The summed E-state index contributed by atoms with van der Waals surface area (Å²) in [6.07, 6.45) is 6.33. The molecule has 3 aromatic rings. The van der Waals surface area contributed by atoms with E-state index >= 15 is 0 Å². The number of nitrogens with zero attached hydrogens (tertiary/aromatic N) is 3. The normalized spacial score (nSPS) is 15.0. The van der Waals surface area contributed by atoms with Crippen LogP contribution in [0.3, 0.4) is 0 Å². The van der Waals surface area contributed by atoms with E-state index in [1.165, 1.54) is 12.8 Å². The highest BCUT2D eigenvalue weighted by Crippen LogP contribution is 2.26. The van der Waals surface area contributed by atoms with Crippen LogP contribution in [0.25, 0.3) is 17.0 Å². The van der Waals surface area contributed by atoms with E-state index in [-0.39, 0.29) is 5.91 Å². The Morgan fingerprint density at radius 1 is 1.17 bits per heavy atom. The Bertz CT molecular complexity index is 899. The number of halogens is 1. The Morgan fingerprint density at radius 3 is 2.75 bits per heavy atom. The van der Waals surface area contributed by atoms with Gasteiger partial charge in [0.2, 0.25) is 0 Å². The van der Waals surface area contributed by atoms with Crippen LogP contribution >= 0.6 is 11.6 Å². The van der Waals surface area contributed by atoms with Crippen LogP contribution < -0.4 is 5.32 Å². The van der Waals surface area contributed by atoms with Gasteiger partial charge in [-0.3, -0.25) is 9.20 Å². The van der Waals surface area contributed by atoms with Crippen molar-refractivity contribution in [3.63, 3.8) is 0 Å². The molecular weight excluding hydrogens is 324 g/mol. The first-order valence-corrected chi connectivity index (χ1v) is 8.51. The Labute approximate surface area is 144 Å². The second-order valence-corrected chi connectivity index (χ2v) is 6.51. The number of aromatic nitrogens is 3. The highest BCUT2D eigenvalue weighted by atomic mass is 35.5. The van der Waals surface area contributed by atoms with E-state index in [0.29, 0.717) is 28.1 Å². The van der Waals surface area contributed by atoms with Crippen molar-refractivity contribution in [3.05, 3.63) is 53.2 Å². The summed E-state index contributed by atoms with van der Waals surface area (Å²) in [7, 11) is 0. The average Bonchev–Trinajstić information content (AvgIpc) is 3.24. The van der Waals surface area contributed by atoms with Gasteiger partial charge in [-0.1, -0.05) is 36.6 Å². The molecule has 0 saturated heterocycles. The minimum Gasteiger partial charge on any atom is -0.349 e. The van der Waals surface area contributed by atoms with Gasteiger partial charge in [-0.25, -0.2) is 0 Å². The van der Waals surface area contributed by atoms with Crippen LogP contribution in [0.1, 0.15) is 36.0 Å². The Hall–Kier alpha value is -2.40. The van der Waals surface area contributed by atoms with E-state index in [9.17, 15) is 4.79 Å². The van der Waals surface area contributed by atoms with Crippen LogP contribution in [0.2, 0.25) is 5.02 Å². The molecule has 0 aliphatic heterocycles. The smallest absolute Gasteiger partial charge is 0.251 e. The van der Waals surface area contributed by atoms with Gasteiger partial charge in [0, 0.05) is 23.4 Å². The summed E-state index contributed by atoms with van der Waals surface area (Å²) in [5.41, 5.74) is 2.05. The summed E-state index contributed by atoms with van der Waals surface area (Å²) in [5.74, 6) is 0.616. The number of benzene rings is 1. The third-order valence-corrected chi connectivity index (χ3v) is 4.81. The van der Waals surface area contributed by atoms with Crippen LogP contribution in [0.4, 0.5) is 0 Å². The fourth-order valence-electron chi connectivity index (χ4n) is 3.20. The van der Waals surface area contributed by atoms with Crippen molar-refractivity contribution in [2.24, 2.45) is 0 Å². The van der Waals surface area contributed by atoms with Crippen LogP contribution in [0.15, 0.2) is 42.6 Å². The average molecular weight is 341 g/mol. The van der Waals surface area contributed by atoms with Gasteiger partial charge in [0.25, 0.3) is 5.91 Å². The van der Waals surface area contributed by atoms with Crippen molar-refractivity contribution in [3.8, 4) is 11.4 Å². The standard InChI is InChI=1S/C18H17ClN4O/c19-15-8-4-3-7-14(15)17-22-21-16-11-12(9-10-23(16)17)18(24)20-13-5-1-2-6-13/h3-4,7-11,13H,1-2,5-6H2,(H,20,24). The zero-order valence-electron chi connectivity index (χ0n) is 13.1. The molecule has 1 aromatic carbocycles. The number of carbonyl (C=O) groups is 1. The van der Waals surface area contributed by atoms with E-state index in [1.54, 1.807) is 12.1 Å². The van der Waals surface area contributed by atoms with Gasteiger partial charge in [0.05, 0.1) is 5.02 Å². The fourth-order valence-corrected chi connectivity index (χ4v) is 3.42. The molecule has 0 radical (unpaired) electrons. The third-order valence-electron chi connectivity index (χ3n) is 4.48. The molecule has 1 fully saturated rings. The molecule has 2 heterocycles. The molecule has 0 atom stereocenters. The SMILES string of the molecule is O=C(NC1CCCC1)c1ccn2c(-c3ccccc3Cl)nnc2c1. The molecule has 122 valence electrons. The molecule has 0 bridgehead atoms. The molecule has 24 heavy (non-hydrogen) atoms. The number of fused-ring (bicyclic) bond motifs is 1. The summed E-state index contributed by atoms with van der Waals surface area (Å²) in [5, 5.41) is 12.1. The lowest BCUT2D eigenvalue weighted by Crippen LogP contribution is -2.32. The van der Waals surface area contributed by atoms with Gasteiger partial charge in [-0.15, -0.1) is 10.2 Å². The van der Waals surface area contributed by atoms with Gasteiger partial charge in [-0.2, -0.15) is 0 Å². The van der Waals surface area contributed by atoms with Crippen molar-refractivity contribution in [1.82, 2.24) is 19.9 Å². The zero-order chi connectivity index (χ0) is 16.5. The summed E-state index contributed by atoms with van der Waals surface area (Å²) in [4.78, 5) is 12.4. The van der Waals surface area contributed by atoms with E-state index in [4.69, 9.17) is 11.6 Å². The highest BCUT2D eigenvalue weighted by molar-refractivity contribution is 6.33. The number of nitrogens with one attached hydrogen (secondary N) is 1. The molecule has 1 amide bonds. The van der Waals surface area contributed by atoms with Crippen LogP contribution in [-0.4, -0.2) is 26.5 Å². The highest BCUT2D eigenvalue weighted by Gasteiger charge is 2.19. The zero-order valence-corrected chi connectivity index (χ0v) is 13.8. The molecule has 5 nitrogen and oxygen atoms in total. The number of carbonyl (C=O) groups excluding carboxylic acids is 1. The van der Waals surface area contributed by atoms with E-state index < -0.39 is 0 Å². The minimum atomic E-state index is -0.0494. The second kappa shape index (κ2) is 6.24. The Balaban J connectivity index is 1.65. The maximum atomic E-state index is 12.4.